The Balaban J connectivity index is 1.24. The monoisotopic (exact) mass is 496 g/mol. The van der Waals surface area contributed by atoms with Crippen LogP contribution in [0.15, 0.2) is 60.9 Å². The first kappa shape index (κ1) is 25.0. The molecule has 1 atom stereocenters. The molecule has 1 aliphatic heterocycles. The lowest BCUT2D eigenvalue weighted by molar-refractivity contribution is -0.132. The van der Waals surface area contributed by atoms with Gasteiger partial charge in [-0.05, 0) is 54.5 Å². The zero-order chi connectivity index (χ0) is 25.6. The zero-order valence-electron chi connectivity index (χ0n) is 21.8. The second-order valence-electron chi connectivity index (χ2n) is 9.79. The van der Waals surface area contributed by atoms with Crippen LogP contribution in [0.3, 0.4) is 0 Å². The Morgan fingerprint density at radius 1 is 0.865 bits per heavy atom. The number of hydrogen-bond donors (Lipinski definition) is 3. The molecule has 37 heavy (non-hydrogen) atoms. The fourth-order valence-corrected chi connectivity index (χ4v) is 4.97. The fourth-order valence-electron chi connectivity index (χ4n) is 4.97. The van der Waals surface area contributed by atoms with Gasteiger partial charge in [-0.2, -0.15) is 0 Å². The summed E-state index contributed by atoms with van der Waals surface area (Å²) in [4.78, 5) is 30.3. The number of hydrogen-bond acceptors (Lipinski definition) is 4. The maximum atomic E-state index is 12.4. The van der Waals surface area contributed by atoms with Crippen molar-refractivity contribution in [3.63, 3.8) is 0 Å². The van der Waals surface area contributed by atoms with Crippen LogP contribution in [-0.2, 0) is 11.3 Å². The lowest BCUT2D eigenvalue weighted by Gasteiger charge is -2.20. The predicted molar refractivity (Wildman–Crippen MR) is 148 cm³/mol. The van der Waals surface area contributed by atoms with Gasteiger partial charge >= 0.3 is 0 Å². The second-order valence-corrected chi connectivity index (χ2v) is 9.79. The van der Waals surface area contributed by atoms with E-state index in [2.05, 4.69) is 80.7 Å². The van der Waals surface area contributed by atoms with E-state index in [0.29, 0.717) is 19.0 Å². The summed E-state index contributed by atoms with van der Waals surface area (Å²) in [5.41, 5.74) is 6.55. The van der Waals surface area contributed by atoms with Crippen LogP contribution in [0, 0.1) is 0 Å². The van der Waals surface area contributed by atoms with Crippen molar-refractivity contribution < 1.29 is 4.79 Å². The molecular weight excluding hydrogens is 460 g/mol. The van der Waals surface area contributed by atoms with Crippen molar-refractivity contribution in [3.8, 4) is 33.6 Å². The Kier molecular flexibility index (Phi) is 7.80. The molecule has 4 aromatic rings. The SMILES string of the molecule is CCCC(=O)N(CCC)Cc1ncc(-c2ccc(-c3ccc(-c4cnc([C@@H]5CCCN5)[nH]4)cc3)cc2)[nH]1. The Labute approximate surface area is 218 Å². The van der Waals surface area contributed by atoms with Gasteiger partial charge < -0.3 is 20.2 Å². The number of benzene rings is 2. The average molecular weight is 497 g/mol. The van der Waals surface area contributed by atoms with Gasteiger partial charge in [0.15, 0.2) is 0 Å². The number of aromatic amines is 2. The van der Waals surface area contributed by atoms with E-state index in [9.17, 15) is 4.79 Å². The van der Waals surface area contributed by atoms with E-state index in [-0.39, 0.29) is 5.91 Å². The number of aromatic nitrogens is 4. The molecule has 1 fully saturated rings. The standard InChI is InChI=1S/C30H36N6O/c1-3-6-29(37)36(17-4-2)20-28-32-18-26(34-28)23-12-8-21(9-13-23)22-10-14-24(15-11-22)27-19-33-30(35-27)25-7-5-16-31-25/h8-15,18-19,25,31H,3-7,16-17,20H2,1-2H3,(H,32,34)(H,33,35)/t25-/m0/s1. The summed E-state index contributed by atoms with van der Waals surface area (Å²) in [6, 6.07) is 17.4. The van der Waals surface area contributed by atoms with E-state index < -0.39 is 0 Å². The number of rotatable bonds is 10. The molecule has 7 heteroatoms. The molecule has 0 spiro atoms. The fraction of sp³-hybridized carbons (Fsp3) is 0.367. The van der Waals surface area contributed by atoms with Crippen LogP contribution in [0.25, 0.3) is 33.6 Å². The van der Waals surface area contributed by atoms with Crippen LogP contribution < -0.4 is 5.32 Å². The maximum absolute atomic E-state index is 12.4. The van der Waals surface area contributed by atoms with Crippen molar-refractivity contribution in [2.45, 2.75) is 58.5 Å². The second kappa shape index (κ2) is 11.6. The normalized spacial score (nSPS) is 15.2. The van der Waals surface area contributed by atoms with Crippen LogP contribution in [0.1, 0.15) is 63.6 Å². The molecular formula is C30H36N6O. The molecule has 0 unspecified atom stereocenters. The quantitative estimate of drug-likeness (QED) is 0.248. The van der Waals surface area contributed by atoms with Crippen molar-refractivity contribution >= 4 is 5.91 Å². The van der Waals surface area contributed by atoms with Gasteiger partial charge in [-0.25, -0.2) is 9.97 Å². The van der Waals surface area contributed by atoms with Crippen LogP contribution in [-0.4, -0.2) is 43.8 Å². The van der Waals surface area contributed by atoms with Gasteiger partial charge in [-0.3, -0.25) is 4.79 Å². The zero-order valence-corrected chi connectivity index (χ0v) is 21.8. The number of H-pyrrole nitrogens is 2. The number of amides is 1. The predicted octanol–water partition coefficient (Wildman–Crippen LogP) is 6.10. The molecule has 2 aromatic heterocycles. The highest BCUT2D eigenvalue weighted by molar-refractivity contribution is 5.76. The highest BCUT2D eigenvalue weighted by atomic mass is 16.2. The van der Waals surface area contributed by atoms with Crippen molar-refractivity contribution in [3.05, 3.63) is 72.6 Å². The number of imidazole rings is 2. The summed E-state index contributed by atoms with van der Waals surface area (Å²) in [6.45, 7) is 6.46. The molecule has 0 radical (unpaired) electrons. The minimum atomic E-state index is 0.191. The molecule has 2 aromatic carbocycles. The van der Waals surface area contributed by atoms with Crippen LogP contribution in [0.5, 0.6) is 0 Å². The molecule has 5 rings (SSSR count). The van der Waals surface area contributed by atoms with Crippen LogP contribution in [0.2, 0.25) is 0 Å². The highest BCUT2D eigenvalue weighted by Gasteiger charge is 2.19. The molecule has 7 nitrogen and oxygen atoms in total. The third kappa shape index (κ3) is 5.83. The molecule has 3 N–H and O–H groups in total. The van der Waals surface area contributed by atoms with Crippen LogP contribution in [0.4, 0.5) is 0 Å². The molecule has 1 amide bonds. The van der Waals surface area contributed by atoms with Gasteiger partial charge in [0.1, 0.15) is 11.6 Å². The van der Waals surface area contributed by atoms with Gasteiger partial charge in [0.05, 0.1) is 36.4 Å². The minimum absolute atomic E-state index is 0.191. The van der Waals surface area contributed by atoms with E-state index in [1.807, 2.05) is 24.2 Å². The van der Waals surface area contributed by atoms with E-state index in [1.165, 1.54) is 12.0 Å². The lowest BCUT2D eigenvalue weighted by Crippen LogP contribution is -2.31. The van der Waals surface area contributed by atoms with E-state index in [4.69, 9.17) is 0 Å². The summed E-state index contributed by atoms with van der Waals surface area (Å²) >= 11 is 0. The van der Waals surface area contributed by atoms with Gasteiger partial charge in [-0.1, -0.05) is 62.4 Å². The smallest absolute Gasteiger partial charge is 0.222 e. The summed E-state index contributed by atoms with van der Waals surface area (Å²) in [5.74, 6) is 2.04. The first-order valence-electron chi connectivity index (χ1n) is 13.5. The molecule has 1 aliphatic rings. The molecule has 3 heterocycles. The summed E-state index contributed by atoms with van der Waals surface area (Å²) in [6.07, 6.45) is 8.50. The maximum Gasteiger partial charge on any atom is 0.222 e. The average Bonchev–Trinajstić information content (AvgIpc) is 3.71. The van der Waals surface area contributed by atoms with Crippen molar-refractivity contribution in [2.24, 2.45) is 0 Å². The third-order valence-electron chi connectivity index (χ3n) is 6.99. The highest BCUT2D eigenvalue weighted by Crippen LogP contribution is 2.28. The number of carbonyl (C=O) groups excluding carboxylic acids is 1. The molecule has 0 saturated carbocycles. The van der Waals surface area contributed by atoms with Gasteiger partial charge in [0.25, 0.3) is 0 Å². The van der Waals surface area contributed by atoms with Crippen molar-refractivity contribution in [1.29, 1.82) is 0 Å². The van der Waals surface area contributed by atoms with E-state index in [1.54, 1.807) is 0 Å². The minimum Gasteiger partial charge on any atom is -0.341 e. The van der Waals surface area contributed by atoms with Gasteiger partial charge in [-0.15, -0.1) is 0 Å². The first-order chi connectivity index (χ1) is 18.1. The lowest BCUT2D eigenvalue weighted by atomic mass is 10.0. The molecule has 1 saturated heterocycles. The number of nitrogens with one attached hydrogen (secondary N) is 3. The summed E-state index contributed by atoms with van der Waals surface area (Å²) < 4.78 is 0. The Hall–Kier alpha value is -3.71. The molecule has 0 bridgehead atoms. The van der Waals surface area contributed by atoms with Gasteiger partial charge in [0, 0.05) is 13.0 Å². The third-order valence-corrected chi connectivity index (χ3v) is 6.99. The largest absolute Gasteiger partial charge is 0.341 e. The van der Waals surface area contributed by atoms with E-state index >= 15 is 0 Å². The van der Waals surface area contributed by atoms with Crippen molar-refractivity contribution in [1.82, 2.24) is 30.2 Å². The number of nitrogens with zero attached hydrogens (tertiary/aromatic N) is 3. The Morgan fingerprint density at radius 2 is 1.49 bits per heavy atom. The number of carbonyl (C=O) groups is 1. The summed E-state index contributed by atoms with van der Waals surface area (Å²) in [5, 5.41) is 3.49. The Morgan fingerprint density at radius 3 is 2.08 bits per heavy atom. The van der Waals surface area contributed by atoms with E-state index in [0.717, 1.165) is 72.1 Å². The topological polar surface area (TPSA) is 89.7 Å². The van der Waals surface area contributed by atoms with Crippen LogP contribution >= 0.6 is 0 Å². The summed E-state index contributed by atoms with van der Waals surface area (Å²) in [7, 11) is 0. The Bertz CT molecular complexity index is 1300. The van der Waals surface area contributed by atoms with Gasteiger partial charge in [0.2, 0.25) is 5.91 Å². The van der Waals surface area contributed by atoms with Crippen molar-refractivity contribution in [2.75, 3.05) is 13.1 Å². The molecule has 0 aliphatic carbocycles. The first-order valence-corrected chi connectivity index (χ1v) is 13.5. The molecule has 192 valence electrons.